The molecule has 1 aliphatic heterocycles. The smallest absolute Gasteiger partial charge is 0.0623 e. The lowest BCUT2D eigenvalue weighted by molar-refractivity contribution is -0.0111. The molecule has 2 unspecified atom stereocenters. The molecule has 0 spiro atoms. The van der Waals surface area contributed by atoms with Crippen LogP contribution < -0.4 is 0 Å². The molecule has 1 heterocycles. The van der Waals surface area contributed by atoms with E-state index in [-0.39, 0.29) is 0 Å². The van der Waals surface area contributed by atoms with E-state index in [0.29, 0.717) is 12.1 Å². The van der Waals surface area contributed by atoms with Crippen LogP contribution >= 0.6 is 0 Å². The maximum absolute atomic E-state index is 5.53. The first-order chi connectivity index (χ1) is 5.61. The van der Waals surface area contributed by atoms with Crippen LogP contribution in [0.5, 0.6) is 0 Å². The number of nitrogens with zero attached hydrogens (tertiary/aromatic N) is 2. The molecule has 0 saturated carbocycles. The Balaban J connectivity index is 2.40. The summed E-state index contributed by atoms with van der Waals surface area (Å²) in [6.45, 7) is 1.77. The summed E-state index contributed by atoms with van der Waals surface area (Å²) in [4.78, 5) is 4.49. The molecule has 2 atom stereocenters. The molecule has 1 fully saturated rings. The average molecular weight is 172 g/mol. The van der Waals surface area contributed by atoms with Gasteiger partial charge in [-0.1, -0.05) is 0 Å². The minimum atomic E-state index is 0.589. The first-order valence-electron chi connectivity index (χ1n) is 4.52. The van der Waals surface area contributed by atoms with Crippen LogP contribution in [-0.2, 0) is 4.74 Å². The molecular weight excluding hydrogens is 152 g/mol. The number of hydrogen-bond acceptors (Lipinski definition) is 3. The van der Waals surface area contributed by atoms with Crippen molar-refractivity contribution in [2.45, 2.75) is 18.5 Å². The summed E-state index contributed by atoms with van der Waals surface area (Å²) in [7, 11) is 8.47. The van der Waals surface area contributed by atoms with E-state index < -0.39 is 0 Å². The summed E-state index contributed by atoms with van der Waals surface area (Å²) in [5, 5.41) is 0. The molecule has 0 amide bonds. The van der Waals surface area contributed by atoms with Gasteiger partial charge in [-0.15, -0.1) is 0 Å². The highest BCUT2D eigenvalue weighted by atomic mass is 16.5. The first kappa shape index (κ1) is 9.96. The van der Waals surface area contributed by atoms with E-state index in [0.717, 1.165) is 13.2 Å². The lowest BCUT2D eigenvalue weighted by atomic mass is 10.0. The Morgan fingerprint density at radius 2 is 1.33 bits per heavy atom. The summed E-state index contributed by atoms with van der Waals surface area (Å²) in [5.41, 5.74) is 0. The highest BCUT2D eigenvalue weighted by molar-refractivity contribution is 4.79. The fourth-order valence-electron chi connectivity index (χ4n) is 1.51. The Morgan fingerprint density at radius 1 is 0.917 bits per heavy atom. The zero-order valence-corrected chi connectivity index (χ0v) is 8.58. The molecule has 0 aliphatic carbocycles. The van der Waals surface area contributed by atoms with Crippen LogP contribution in [0.4, 0.5) is 0 Å². The molecule has 0 radical (unpaired) electrons. The van der Waals surface area contributed by atoms with Crippen molar-refractivity contribution in [1.82, 2.24) is 9.80 Å². The van der Waals surface area contributed by atoms with Crippen LogP contribution in [-0.4, -0.2) is 63.3 Å². The molecule has 1 saturated heterocycles. The summed E-state index contributed by atoms with van der Waals surface area (Å²) in [6.07, 6.45) is 1.22. The van der Waals surface area contributed by atoms with Crippen molar-refractivity contribution >= 4 is 0 Å². The Labute approximate surface area is 75.3 Å². The molecule has 12 heavy (non-hydrogen) atoms. The second-order valence-electron chi connectivity index (χ2n) is 4.01. The van der Waals surface area contributed by atoms with Gasteiger partial charge in [0.2, 0.25) is 0 Å². The molecule has 1 rings (SSSR count). The molecule has 72 valence electrons. The van der Waals surface area contributed by atoms with Gasteiger partial charge in [0.05, 0.1) is 13.2 Å². The molecule has 3 heteroatoms. The van der Waals surface area contributed by atoms with Crippen molar-refractivity contribution in [3.8, 4) is 0 Å². The molecule has 1 aliphatic rings. The van der Waals surface area contributed by atoms with Crippen molar-refractivity contribution in [1.29, 1.82) is 0 Å². The second kappa shape index (κ2) is 4.21. The third-order valence-electron chi connectivity index (χ3n) is 2.63. The predicted octanol–water partition coefficient (Wildman–Crippen LogP) is 0.267. The van der Waals surface area contributed by atoms with Gasteiger partial charge in [-0.3, -0.25) is 0 Å². The van der Waals surface area contributed by atoms with Crippen molar-refractivity contribution in [2.24, 2.45) is 0 Å². The SMILES string of the molecule is CN(C)C1COCC(N(C)C)C1. The van der Waals surface area contributed by atoms with E-state index in [9.17, 15) is 0 Å². The fourth-order valence-corrected chi connectivity index (χ4v) is 1.51. The number of hydrogen-bond donors (Lipinski definition) is 0. The summed E-state index contributed by atoms with van der Waals surface area (Å²) in [6, 6.07) is 1.18. The molecule has 0 aromatic heterocycles. The largest absolute Gasteiger partial charge is 0.378 e. The van der Waals surface area contributed by atoms with Gasteiger partial charge in [-0.05, 0) is 34.6 Å². The van der Waals surface area contributed by atoms with Crippen molar-refractivity contribution in [3.63, 3.8) is 0 Å². The summed E-state index contributed by atoms with van der Waals surface area (Å²) < 4.78 is 5.53. The van der Waals surface area contributed by atoms with Gasteiger partial charge in [-0.25, -0.2) is 0 Å². The van der Waals surface area contributed by atoms with Crippen LogP contribution in [0.25, 0.3) is 0 Å². The van der Waals surface area contributed by atoms with Crippen LogP contribution in [0.2, 0.25) is 0 Å². The quantitative estimate of drug-likeness (QED) is 0.594. The molecular formula is C9H20N2O. The van der Waals surface area contributed by atoms with Gasteiger partial charge >= 0.3 is 0 Å². The molecule has 0 N–H and O–H groups in total. The predicted molar refractivity (Wildman–Crippen MR) is 50.4 cm³/mol. The van der Waals surface area contributed by atoms with Gasteiger partial charge < -0.3 is 14.5 Å². The monoisotopic (exact) mass is 172 g/mol. The van der Waals surface area contributed by atoms with Gasteiger partial charge in [0, 0.05) is 12.1 Å². The van der Waals surface area contributed by atoms with Gasteiger partial charge in [0.15, 0.2) is 0 Å². The highest BCUT2D eigenvalue weighted by Gasteiger charge is 2.24. The lowest BCUT2D eigenvalue weighted by Crippen LogP contribution is -2.46. The fraction of sp³-hybridized carbons (Fsp3) is 1.00. The maximum Gasteiger partial charge on any atom is 0.0623 e. The first-order valence-corrected chi connectivity index (χ1v) is 4.52. The maximum atomic E-state index is 5.53. The van der Waals surface area contributed by atoms with Crippen LogP contribution in [0.1, 0.15) is 6.42 Å². The van der Waals surface area contributed by atoms with Crippen molar-refractivity contribution in [2.75, 3.05) is 41.4 Å². The molecule has 0 aromatic carbocycles. The normalized spacial score (nSPS) is 31.5. The zero-order valence-electron chi connectivity index (χ0n) is 8.58. The van der Waals surface area contributed by atoms with Crippen LogP contribution in [0.3, 0.4) is 0 Å². The minimum absolute atomic E-state index is 0.589. The van der Waals surface area contributed by atoms with E-state index in [2.05, 4.69) is 38.0 Å². The summed E-state index contributed by atoms with van der Waals surface area (Å²) in [5.74, 6) is 0. The average Bonchev–Trinajstić information content (AvgIpc) is 2.04. The third kappa shape index (κ3) is 2.44. The Morgan fingerprint density at radius 3 is 1.67 bits per heavy atom. The van der Waals surface area contributed by atoms with Crippen LogP contribution in [0, 0.1) is 0 Å². The Kier molecular flexibility index (Phi) is 3.50. The van der Waals surface area contributed by atoms with Crippen molar-refractivity contribution < 1.29 is 4.74 Å². The van der Waals surface area contributed by atoms with Crippen molar-refractivity contribution in [3.05, 3.63) is 0 Å². The number of rotatable bonds is 2. The van der Waals surface area contributed by atoms with Gasteiger partial charge in [0.1, 0.15) is 0 Å². The Hall–Kier alpha value is -0.120. The van der Waals surface area contributed by atoms with E-state index in [1.807, 2.05) is 0 Å². The third-order valence-corrected chi connectivity index (χ3v) is 2.63. The van der Waals surface area contributed by atoms with E-state index >= 15 is 0 Å². The topological polar surface area (TPSA) is 15.7 Å². The number of likely N-dealkylation sites (N-methyl/N-ethyl adjacent to an activating group) is 2. The van der Waals surface area contributed by atoms with E-state index in [1.165, 1.54) is 6.42 Å². The molecule has 0 bridgehead atoms. The molecule has 3 nitrogen and oxygen atoms in total. The summed E-state index contributed by atoms with van der Waals surface area (Å²) >= 11 is 0. The van der Waals surface area contributed by atoms with E-state index in [4.69, 9.17) is 4.74 Å². The Bertz CT molecular complexity index is 122. The highest BCUT2D eigenvalue weighted by Crippen LogP contribution is 2.14. The standard InChI is InChI=1S/C9H20N2O/c1-10(2)8-5-9(11(3)4)7-12-6-8/h8-9H,5-7H2,1-4H3. The van der Waals surface area contributed by atoms with E-state index in [1.54, 1.807) is 0 Å². The van der Waals surface area contributed by atoms with Gasteiger partial charge in [-0.2, -0.15) is 0 Å². The number of ether oxygens (including phenoxy) is 1. The molecule has 0 aromatic rings. The minimum Gasteiger partial charge on any atom is -0.378 e. The second-order valence-corrected chi connectivity index (χ2v) is 4.01. The zero-order chi connectivity index (χ0) is 9.14. The lowest BCUT2D eigenvalue weighted by Gasteiger charge is -2.36. The van der Waals surface area contributed by atoms with Gasteiger partial charge in [0.25, 0.3) is 0 Å². The van der Waals surface area contributed by atoms with Crippen LogP contribution in [0.15, 0.2) is 0 Å².